The van der Waals surface area contributed by atoms with Gasteiger partial charge in [-0.1, -0.05) is 41.9 Å². The molecular weight excluding hydrogens is 336 g/mol. The lowest BCUT2D eigenvalue weighted by atomic mass is 9.80. The summed E-state index contributed by atoms with van der Waals surface area (Å²) in [5.74, 6) is 0.642. The van der Waals surface area contributed by atoms with Gasteiger partial charge in [0.2, 0.25) is 5.91 Å². The normalized spacial score (nSPS) is 15.0. The van der Waals surface area contributed by atoms with E-state index in [1.165, 1.54) is 0 Å². The molecule has 4 nitrogen and oxygen atoms in total. The van der Waals surface area contributed by atoms with E-state index >= 15 is 0 Å². The maximum Gasteiger partial charge on any atom is 0.249 e. The minimum atomic E-state index is -0.463. The number of benzene rings is 3. The minimum Gasteiger partial charge on any atom is -0.457 e. The predicted octanol–water partition coefficient (Wildman–Crippen LogP) is 4.31. The number of hydrogen-bond acceptors (Lipinski definition) is 3. The van der Waals surface area contributed by atoms with Gasteiger partial charge in [-0.15, -0.1) is 0 Å². The van der Waals surface area contributed by atoms with E-state index in [2.05, 4.69) is 0 Å². The molecule has 0 aliphatic carbocycles. The van der Waals surface area contributed by atoms with Crippen LogP contribution in [0.25, 0.3) is 0 Å². The van der Waals surface area contributed by atoms with Gasteiger partial charge < -0.3 is 16.2 Å². The van der Waals surface area contributed by atoms with Gasteiger partial charge in [-0.2, -0.15) is 0 Å². The topological polar surface area (TPSA) is 78.3 Å². The van der Waals surface area contributed by atoms with Gasteiger partial charge in [0, 0.05) is 39.4 Å². The number of nitrogens with two attached hydrogens (primary N) is 2. The van der Waals surface area contributed by atoms with Gasteiger partial charge in [0.1, 0.15) is 11.5 Å². The zero-order chi connectivity index (χ0) is 17.6. The standard InChI is InChI=1S/C20H15ClN2O2/c21-11-5-7-15-17(9-11)25-18-10-12(22)6-8-16(18)19(15)13-3-1-2-4-14(13)20(23)24/h1-10,19H,22H2,(H2,23,24). The van der Waals surface area contributed by atoms with Crippen molar-refractivity contribution >= 4 is 23.2 Å². The third kappa shape index (κ3) is 2.61. The highest BCUT2D eigenvalue weighted by molar-refractivity contribution is 6.30. The molecule has 1 amide bonds. The van der Waals surface area contributed by atoms with Gasteiger partial charge in [-0.25, -0.2) is 0 Å². The van der Waals surface area contributed by atoms with Crippen molar-refractivity contribution in [1.29, 1.82) is 0 Å². The number of rotatable bonds is 2. The second-order valence-electron chi connectivity index (χ2n) is 5.97. The maximum absolute atomic E-state index is 11.9. The van der Waals surface area contributed by atoms with Crippen molar-refractivity contribution in [3.63, 3.8) is 0 Å². The third-order valence-electron chi connectivity index (χ3n) is 4.39. The lowest BCUT2D eigenvalue weighted by Crippen LogP contribution is -2.18. The summed E-state index contributed by atoms with van der Waals surface area (Å²) in [4.78, 5) is 11.9. The highest BCUT2D eigenvalue weighted by Crippen LogP contribution is 2.49. The van der Waals surface area contributed by atoms with Gasteiger partial charge >= 0.3 is 0 Å². The zero-order valence-electron chi connectivity index (χ0n) is 13.2. The van der Waals surface area contributed by atoms with E-state index in [0.29, 0.717) is 27.8 Å². The molecule has 4 N–H and O–H groups in total. The molecule has 1 atom stereocenters. The summed E-state index contributed by atoms with van der Waals surface area (Å²) in [6.07, 6.45) is 0. The number of fused-ring (bicyclic) bond motifs is 2. The second-order valence-corrected chi connectivity index (χ2v) is 6.40. The SMILES string of the molecule is NC(=O)c1ccccc1C1c2ccc(N)cc2Oc2cc(Cl)ccc21. The van der Waals surface area contributed by atoms with Gasteiger partial charge in [0.25, 0.3) is 0 Å². The van der Waals surface area contributed by atoms with Crippen molar-refractivity contribution in [3.05, 3.63) is 87.9 Å². The zero-order valence-corrected chi connectivity index (χ0v) is 14.0. The number of anilines is 1. The Balaban J connectivity index is 2.01. The molecule has 0 saturated carbocycles. The number of hydrogen-bond donors (Lipinski definition) is 2. The van der Waals surface area contributed by atoms with Crippen molar-refractivity contribution in [2.75, 3.05) is 5.73 Å². The summed E-state index contributed by atoms with van der Waals surface area (Å²) in [7, 11) is 0. The van der Waals surface area contributed by atoms with Crippen molar-refractivity contribution in [2.45, 2.75) is 5.92 Å². The fourth-order valence-electron chi connectivity index (χ4n) is 3.31. The van der Waals surface area contributed by atoms with Crippen LogP contribution in [0.5, 0.6) is 11.5 Å². The van der Waals surface area contributed by atoms with Crippen molar-refractivity contribution in [1.82, 2.24) is 0 Å². The average Bonchev–Trinajstić information content (AvgIpc) is 2.59. The summed E-state index contributed by atoms with van der Waals surface area (Å²) in [5, 5.41) is 0.577. The Morgan fingerprint density at radius 1 is 0.920 bits per heavy atom. The van der Waals surface area contributed by atoms with E-state index in [4.69, 9.17) is 27.8 Å². The number of carbonyl (C=O) groups excluding carboxylic acids is 1. The molecule has 1 unspecified atom stereocenters. The molecule has 5 heteroatoms. The summed E-state index contributed by atoms with van der Waals surface area (Å²) in [6, 6.07) is 18.4. The van der Waals surface area contributed by atoms with E-state index in [1.54, 1.807) is 24.3 Å². The fourth-order valence-corrected chi connectivity index (χ4v) is 3.47. The smallest absolute Gasteiger partial charge is 0.249 e. The average molecular weight is 351 g/mol. The lowest BCUT2D eigenvalue weighted by molar-refractivity contribution is 0.0999. The molecule has 0 saturated heterocycles. The van der Waals surface area contributed by atoms with Crippen molar-refractivity contribution < 1.29 is 9.53 Å². The van der Waals surface area contributed by atoms with E-state index in [-0.39, 0.29) is 5.92 Å². The third-order valence-corrected chi connectivity index (χ3v) is 4.63. The van der Waals surface area contributed by atoms with Gasteiger partial charge in [0.15, 0.2) is 0 Å². The number of amides is 1. The molecule has 1 heterocycles. The molecule has 0 spiro atoms. The Hall–Kier alpha value is -2.98. The first-order valence-electron chi connectivity index (χ1n) is 7.80. The molecule has 4 rings (SSSR count). The Morgan fingerprint density at radius 2 is 1.60 bits per heavy atom. The Labute approximate surface area is 150 Å². The molecule has 3 aromatic carbocycles. The van der Waals surface area contributed by atoms with Crippen LogP contribution in [0.2, 0.25) is 5.02 Å². The van der Waals surface area contributed by atoms with E-state index < -0.39 is 5.91 Å². The summed E-state index contributed by atoms with van der Waals surface area (Å²) in [5.41, 5.74) is 15.3. The first-order valence-corrected chi connectivity index (χ1v) is 8.18. The summed E-state index contributed by atoms with van der Waals surface area (Å²) in [6.45, 7) is 0. The highest BCUT2D eigenvalue weighted by atomic mass is 35.5. The fraction of sp³-hybridized carbons (Fsp3) is 0.0500. The largest absolute Gasteiger partial charge is 0.457 e. The van der Waals surface area contributed by atoms with Crippen LogP contribution in [-0.2, 0) is 0 Å². The summed E-state index contributed by atoms with van der Waals surface area (Å²) >= 11 is 6.13. The van der Waals surface area contributed by atoms with Crippen LogP contribution in [0.1, 0.15) is 33.0 Å². The van der Waals surface area contributed by atoms with Crippen molar-refractivity contribution in [3.8, 4) is 11.5 Å². The molecule has 0 fully saturated rings. The Morgan fingerprint density at radius 3 is 2.36 bits per heavy atom. The molecule has 0 aromatic heterocycles. The van der Waals surface area contributed by atoms with Crippen LogP contribution in [0, 0.1) is 0 Å². The Kier molecular flexibility index (Phi) is 3.62. The number of nitrogen functional groups attached to an aromatic ring is 1. The molecular formula is C20H15ClN2O2. The van der Waals surface area contributed by atoms with Crippen molar-refractivity contribution in [2.24, 2.45) is 5.73 Å². The molecule has 25 heavy (non-hydrogen) atoms. The number of primary amides is 1. The number of carbonyl (C=O) groups is 1. The first kappa shape index (κ1) is 15.5. The van der Waals surface area contributed by atoms with Crippen LogP contribution in [-0.4, -0.2) is 5.91 Å². The van der Waals surface area contributed by atoms with Crippen LogP contribution < -0.4 is 16.2 Å². The molecule has 0 radical (unpaired) electrons. The molecule has 1 aliphatic heterocycles. The van der Waals surface area contributed by atoms with E-state index in [1.807, 2.05) is 36.4 Å². The minimum absolute atomic E-state index is 0.194. The van der Waals surface area contributed by atoms with Crippen LogP contribution in [0.4, 0.5) is 5.69 Å². The maximum atomic E-state index is 11.9. The first-order chi connectivity index (χ1) is 12.0. The molecule has 124 valence electrons. The van der Waals surface area contributed by atoms with E-state index in [9.17, 15) is 4.79 Å². The highest BCUT2D eigenvalue weighted by Gasteiger charge is 2.31. The van der Waals surface area contributed by atoms with Crippen LogP contribution in [0.15, 0.2) is 60.7 Å². The van der Waals surface area contributed by atoms with Gasteiger partial charge in [0.05, 0.1) is 0 Å². The monoisotopic (exact) mass is 350 g/mol. The molecule has 3 aromatic rings. The van der Waals surface area contributed by atoms with E-state index in [0.717, 1.165) is 16.7 Å². The summed E-state index contributed by atoms with van der Waals surface area (Å²) < 4.78 is 6.01. The molecule has 0 bridgehead atoms. The second kappa shape index (κ2) is 5.83. The van der Waals surface area contributed by atoms with Crippen LogP contribution in [0.3, 0.4) is 0 Å². The van der Waals surface area contributed by atoms with Gasteiger partial charge in [-0.05, 0) is 29.8 Å². The lowest BCUT2D eigenvalue weighted by Gasteiger charge is -2.30. The molecule has 1 aliphatic rings. The quantitative estimate of drug-likeness (QED) is 0.529. The van der Waals surface area contributed by atoms with Crippen LogP contribution >= 0.6 is 11.6 Å². The Bertz CT molecular complexity index is 949. The predicted molar refractivity (Wildman–Crippen MR) is 98.3 cm³/mol. The number of halogens is 1. The number of ether oxygens (including phenoxy) is 1. The van der Waals surface area contributed by atoms with Gasteiger partial charge in [-0.3, -0.25) is 4.79 Å².